The molecule has 2 aromatic carbocycles. The molecule has 0 radical (unpaired) electrons. The van der Waals surface area contributed by atoms with E-state index < -0.39 is 36.3 Å². The van der Waals surface area contributed by atoms with Crippen LogP contribution in [0.15, 0.2) is 63.7 Å². The van der Waals surface area contributed by atoms with Gasteiger partial charge in [-0.15, -0.1) is 16.9 Å². The lowest BCUT2D eigenvalue weighted by atomic mass is 10.0. The third kappa shape index (κ3) is 11.0. The van der Waals surface area contributed by atoms with Gasteiger partial charge in [0.15, 0.2) is 0 Å². The number of methoxy groups -OCH3 is 1. The lowest BCUT2D eigenvalue weighted by molar-refractivity contribution is -0.145. The molecule has 3 amide bonds. The van der Waals surface area contributed by atoms with Crippen LogP contribution in [-0.2, 0) is 20.7 Å². The number of nitrogens with zero attached hydrogens (tertiary/aromatic N) is 2. The van der Waals surface area contributed by atoms with Crippen LogP contribution in [0.2, 0.25) is 0 Å². The highest BCUT2D eigenvalue weighted by Crippen LogP contribution is 2.19. The van der Waals surface area contributed by atoms with Crippen LogP contribution in [0.1, 0.15) is 18.4 Å². The fraction of sp³-hybridized carbons (Fsp3) is 0.375. The number of carbonyl (C=O) groups excluding carboxylic acids is 3. The molecule has 0 bridgehead atoms. The first-order valence-electron chi connectivity index (χ1n) is 11.5. The van der Waals surface area contributed by atoms with Gasteiger partial charge in [0.05, 0.1) is 12.8 Å². The van der Waals surface area contributed by atoms with Crippen LogP contribution in [0.5, 0.6) is 5.75 Å². The number of rotatable bonds is 13. The SMILES string of the molecule is COC(=O)C(CCCNC(N)N)NC(=O)C(Cc1ccc(O)cc1)NC(=O)N=Nc1ccc(SC)cc1. The molecular weight excluding hydrogens is 498 g/mol. The lowest BCUT2D eigenvalue weighted by Gasteiger charge is -2.22. The normalized spacial score (nSPS) is 12.8. The molecule has 2 aromatic rings. The Kier molecular flexibility index (Phi) is 12.5. The molecule has 0 saturated heterocycles. The smallest absolute Gasteiger partial charge is 0.360 e. The first-order valence-corrected chi connectivity index (χ1v) is 12.7. The van der Waals surface area contributed by atoms with Gasteiger partial charge in [0, 0.05) is 11.3 Å². The number of thioether (sulfide) groups is 1. The third-order valence-corrected chi connectivity index (χ3v) is 5.91. The number of hydrogen-bond acceptors (Lipinski definition) is 10. The van der Waals surface area contributed by atoms with Crippen LogP contribution in [0.3, 0.4) is 0 Å². The number of hydrogen-bond donors (Lipinski definition) is 6. The van der Waals surface area contributed by atoms with Crippen LogP contribution in [-0.4, -0.2) is 61.3 Å². The topological polar surface area (TPSA) is 194 Å². The second-order valence-electron chi connectivity index (χ2n) is 7.98. The first kappa shape index (κ1) is 29.7. The van der Waals surface area contributed by atoms with E-state index in [1.54, 1.807) is 36.0 Å². The number of urea groups is 1. The van der Waals surface area contributed by atoms with Gasteiger partial charge in [-0.3, -0.25) is 10.1 Å². The van der Waals surface area contributed by atoms with Crippen LogP contribution < -0.4 is 27.4 Å². The van der Waals surface area contributed by atoms with E-state index in [2.05, 4.69) is 26.2 Å². The maximum absolute atomic E-state index is 13.2. The van der Waals surface area contributed by atoms with Crippen LogP contribution in [0.4, 0.5) is 10.5 Å². The summed E-state index contributed by atoms with van der Waals surface area (Å²) in [6.07, 6.45) is 2.05. The van der Waals surface area contributed by atoms with Gasteiger partial charge >= 0.3 is 12.0 Å². The summed E-state index contributed by atoms with van der Waals surface area (Å²) in [7, 11) is 1.22. The predicted octanol–water partition coefficient (Wildman–Crippen LogP) is 1.75. The minimum atomic E-state index is -1.09. The van der Waals surface area contributed by atoms with Crippen molar-refractivity contribution in [2.75, 3.05) is 19.9 Å². The van der Waals surface area contributed by atoms with Crippen molar-refractivity contribution in [3.8, 4) is 5.75 Å². The Labute approximate surface area is 219 Å². The Bertz CT molecular complexity index is 1050. The molecule has 0 aliphatic heterocycles. The van der Waals surface area contributed by atoms with E-state index in [4.69, 9.17) is 16.2 Å². The molecule has 0 fully saturated rings. The summed E-state index contributed by atoms with van der Waals surface area (Å²) in [5.41, 5.74) is 12.0. The molecule has 13 heteroatoms. The molecule has 0 spiro atoms. The number of esters is 1. The van der Waals surface area contributed by atoms with Crippen molar-refractivity contribution in [1.29, 1.82) is 0 Å². The molecule has 37 heavy (non-hydrogen) atoms. The van der Waals surface area contributed by atoms with Gasteiger partial charge in [-0.1, -0.05) is 17.2 Å². The van der Waals surface area contributed by atoms with Gasteiger partial charge in [0.1, 0.15) is 24.1 Å². The summed E-state index contributed by atoms with van der Waals surface area (Å²) in [6, 6.07) is 10.4. The minimum absolute atomic E-state index is 0.0617. The lowest BCUT2D eigenvalue weighted by Crippen LogP contribution is -2.52. The Morgan fingerprint density at radius 1 is 1.03 bits per heavy atom. The van der Waals surface area contributed by atoms with Crippen molar-refractivity contribution < 1.29 is 24.2 Å². The highest BCUT2D eigenvalue weighted by Gasteiger charge is 2.27. The number of benzene rings is 2. The number of ether oxygens (including phenoxy) is 1. The Morgan fingerprint density at radius 3 is 2.30 bits per heavy atom. The summed E-state index contributed by atoms with van der Waals surface area (Å²) >= 11 is 1.57. The molecule has 12 nitrogen and oxygen atoms in total. The number of amides is 3. The Balaban J connectivity index is 2.13. The van der Waals surface area contributed by atoms with Gasteiger partial charge in [-0.05, 0) is 67.6 Å². The Hall–Kier alpha value is -3.52. The van der Waals surface area contributed by atoms with Gasteiger partial charge < -0.3 is 31.9 Å². The number of nitrogens with two attached hydrogens (primary N) is 2. The maximum atomic E-state index is 13.2. The van der Waals surface area contributed by atoms with E-state index in [0.29, 0.717) is 24.2 Å². The number of phenols is 1. The number of azo groups is 1. The van der Waals surface area contributed by atoms with E-state index >= 15 is 0 Å². The highest BCUT2D eigenvalue weighted by molar-refractivity contribution is 7.98. The summed E-state index contributed by atoms with van der Waals surface area (Å²) < 4.78 is 4.81. The summed E-state index contributed by atoms with van der Waals surface area (Å²) in [5, 5.41) is 25.1. The summed E-state index contributed by atoms with van der Waals surface area (Å²) in [6.45, 7) is 0.424. The number of carbonyl (C=O) groups is 3. The molecule has 0 aliphatic rings. The summed E-state index contributed by atoms with van der Waals surface area (Å²) in [5.74, 6) is -1.18. The average molecular weight is 532 g/mol. The maximum Gasteiger partial charge on any atom is 0.360 e. The molecule has 0 aromatic heterocycles. The van der Waals surface area contributed by atoms with Gasteiger partial charge in [0.25, 0.3) is 0 Å². The quantitative estimate of drug-likeness (QED) is 0.0734. The van der Waals surface area contributed by atoms with Crippen molar-refractivity contribution in [2.45, 2.75) is 42.5 Å². The molecule has 2 rings (SSSR count). The average Bonchev–Trinajstić information content (AvgIpc) is 2.89. The molecule has 2 unspecified atom stereocenters. The van der Waals surface area contributed by atoms with E-state index in [9.17, 15) is 19.5 Å². The van der Waals surface area contributed by atoms with Crippen LogP contribution >= 0.6 is 11.8 Å². The Morgan fingerprint density at radius 2 is 1.70 bits per heavy atom. The van der Waals surface area contributed by atoms with Crippen molar-refractivity contribution >= 4 is 35.4 Å². The fourth-order valence-corrected chi connectivity index (χ4v) is 3.65. The first-order chi connectivity index (χ1) is 17.7. The van der Waals surface area contributed by atoms with E-state index in [1.165, 1.54) is 19.2 Å². The van der Waals surface area contributed by atoms with Crippen molar-refractivity contribution in [2.24, 2.45) is 21.7 Å². The number of aromatic hydroxyl groups is 1. The molecule has 0 heterocycles. The van der Waals surface area contributed by atoms with Crippen molar-refractivity contribution in [3.05, 3.63) is 54.1 Å². The molecule has 0 saturated carbocycles. The monoisotopic (exact) mass is 531 g/mol. The second-order valence-corrected chi connectivity index (χ2v) is 8.86. The largest absolute Gasteiger partial charge is 0.508 e. The minimum Gasteiger partial charge on any atom is -0.508 e. The van der Waals surface area contributed by atoms with Crippen LogP contribution in [0, 0.1) is 0 Å². The van der Waals surface area contributed by atoms with Gasteiger partial charge in [-0.25, -0.2) is 9.59 Å². The predicted molar refractivity (Wildman–Crippen MR) is 140 cm³/mol. The van der Waals surface area contributed by atoms with E-state index in [-0.39, 0.29) is 18.6 Å². The number of nitrogens with one attached hydrogen (secondary N) is 3. The molecular formula is C24H33N7O5S. The van der Waals surface area contributed by atoms with Gasteiger partial charge in [0.2, 0.25) is 5.91 Å². The zero-order chi connectivity index (χ0) is 27.2. The molecule has 8 N–H and O–H groups in total. The second kappa shape index (κ2) is 15.6. The van der Waals surface area contributed by atoms with Gasteiger partial charge in [-0.2, -0.15) is 0 Å². The highest BCUT2D eigenvalue weighted by atomic mass is 32.2. The standard InChI is InChI=1S/C24H33N7O5S/c1-36-22(34)19(4-3-13-27-23(25)26)28-21(33)20(14-15-5-9-17(32)10-6-15)29-24(35)31-30-16-7-11-18(37-2)12-8-16/h5-12,19-20,23,27,32H,3-4,13-14,25-26H2,1-2H3,(H,28,33)(H,29,35). The zero-order valence-corrected chi connectivity index (χ0v) is 21.5. The summed E-state index contributed by atoms with van der Waals surface area (Å²) in [4.78, 5) is 39.0. The third-order valence-electron chi connectivity index (χ3n) is 5.17. The number of phenolic OH excluding ortho intramolecular Hbond substituents is 1. The molecule has 0 aliphatic carbocycles. The van der Waals surface area contributed by atoms with E-state index in [1.807, 2.05) is 18.4 Å². The van der Waals surface area contributed by atoms with Crippen LogP contribution in [0.25, 0.3) is 0 Å². The fourth-order valence-electron chi connectivity index (χ4n) is 3.25. The molecule has 2 atom stereocenters. The zero-order valence-electron chi connectivity index (χ0n) is 20.7. The molecule has 200 valence electrons. The van der Waals surface area contributed by atoms with E-state index in [0.717, 1.165) is 4.90 Å². The van der Waals surface area contributed by atoms with Crippen molar-refractivity contribution in [3.63, 3.8) is 0 Å². The van der Waals surface area contributed by atoms with Crippen molar-refractivity contribution in [1.82, 2.24) is 16.0 Å².